The number of pyridine rings is 1. The summed E-state index contributed by atoms with van der Waals surface area (Å²) in [6.07, 6.45) is 6.18. The fourth-order valence-electron chi connectivity index (χ4n) is 3.40. The number of anilines is 1. The molecule has 1 aromatic carbocycles. The van der Waals surface area contributed by atoms with E-state index in [4.69, 9.17) is 0 Å². The normalized spacial score (nSPS) is 14.9. The van der Waals surface area contributed by atoms with E-state index in [-0.39, 0.29) is 5.91 Å². The van der Waals surface area contributed by atoms with Crippen LogP contribution in [0, 0.1) is 6.92 Å². The lowest BCUT2D eigenvalue weighted by Crippen LogP contribution is -2.35. The molecule has 1 aliphatic rings. The number of carbonyl (C=O) groups excluding carboxylic acids is 1. The highest BCUT2D eigenvalue weighted by Crippen LogP contribution is 2.20. The summed E-state index contributed by atoms with van der Waals surface area (Å²) in [6.45, 7) is 5.29. The van der Waals surface area contributed by atoms with Gasteiger partial charge in [-0.2, -0.15) is 0 Å². The molecule has 3 heterocycles. The van der Waals surface area contributed by atoms with Crippen LogP contribution in [-0.2, 0) is 0 Å². The van der Waals surface area contributed by atoms with Crippen molar-refractivity contribution in [2.24, 2.45) is 0 Å². The van der Waals surface area contributed by atoms with Crippen LogP contribution in [0.25, 0.3) is 5.69 Å². The topological polar surface area (TPSA) is 80.0 Å². The van der Waals surface area contributed by atoms with Crippen molar-refractivity contribution in [1.82, 2.24) is 30.1 Å². The second kappa shape index (κ2) is 7.53. The third kappa shape index (κ3) is 3.64. The molecular formula is C19H21N7O. The van der Waals surface area contributed by atoms with Crippen LogP contribution in [0.15, 0.2) is 49.1 Å². The number of amides is 1. The summed E-state index contributed by atoms with van der Waals surface area (Å²) >= 11 is 0. The van der Waals surface area contributed by atoms with Crippen LogP contribution in [0.4, 0.5) is 5.69 Å². The van der Waals surface area contributed by atoms with Crippen molar-refractivity contribution >= 4 is 11.6 Å². The lowest BCUT2D eigenvalue weighted by molar-refractivity contribution is 0.0767. The highest BCUT2D eigenvalue weighted by molar-refractivity contribution is 5.94. The monoisotopic (exact) mass is 363 g/mol. The molecule has 4 rings (SSSR count). The molecule has 8 heteroatoms. The fraction of sp³-hybridized carbons (Fsp3) is 0.316. The summed E-state index contributed by atoms with van der Waals surface area (Å²) in [6, 6.07) is 9.41. The Kier molecular flexibility index (Phi) is 4.78. The highest BCUT2D eigenvalue weighted by atomic mass is 16.2. The van der Waals surface area contributed by atoms with E-state index in [9.17, 15) is 4.79 Å². The van der Waals surface area contributed by atoms with Gasteiger partial charge >= 0.3 is 0 Å². The van der Waals surface area contributed by atoms with E-state index in [1.165, 1.54) is 12.0 Å². The molecule has 1 aliphatic heterocycles. The van der Waals surface area contributed by atoms with Crippen LogP contribution >= 0.6 is 0 Å². The Labute approximate surface area is 157 Å². The minimum Gasteiger partial charge on any atom is -0.369 e. The SMILES string of the molecule is Cc1cnccc1N1CCCN(C(=O)c2ccc(-n3cnnn3)cc2)CC1. The molecule has 1 amide bonds. The van der Waals surface area contributed by atoms with Crippen LogP contribution in [-0.4, -0.2) is 62.2 Å². The first-order valence-corrected chi connectivity index (χ1v) is 9.00. The molecule has 8 nitrogen and oxygen atoms in total. The first-order chi connectivity index (χ1) is 13.2. The molecule has 27 heavy (non-hydrogen) atoms. The van der Waals surface area contributed by atoms with Crippen LogP contribution in [0.1, 0.15) is 22.3 Å². The average Bonchev–Trinajstić information content (AvgIpc) is 3.13. The minimum atomic E-state index is 0.0616. The Morgan fingerprint density at radius 3 is 2.63 bits per heavy atom. The summed E-state index contributed by atoms with van der Waals surface area (Å²) in [4.78, 5) is 21.3. The summed E-state index contributed by atoms with van der Waals surface area (Å²) in [5.41, 5.74) is 3.87. The van der Waals surface area contributed by atoms with E-state index in [1.54, 1.807) is 4.68 Å². The predicted molar refractivity (Wildman–Crippen MR) is 101 cm³/mol. The van der Waals surface area contributed by atoms with E-state index < -0.39 is 0 Å². The molecule has 2 aromatic heterocycles. The van der Waals surface area contributed by atoms with Gasteiger partial charge in [-0.25, -0.2) is 4.68 Å². The van der Waals surface area contributed by atoms with Crippen molar-refractivity contribution in [1.29, 1.82) is 0 Å². The van der Waals surface area contributed by atoms with Crippen LogP contribution < -0.4 is 4.90 Å². The van der Waals surface area contributed by atoms with Crippen molar-refractivity contribution in [3.63, 3.8) is 0 Å². The lowest BCUT2D eigenvalue weighted by atomic mass is 10.1. The Bertz CT molecular complexity index is 908. The number of carbonyl (C=O) groups is 1. The van der Waals surface area contributed by atoms with Gasteiger partial charge in [-0.05, 0) is 59.7 Å². The summed E-state index contributed by atoms with van der Waals surface area (Å²) in [7, 11) is 0. The van der Waals surface area contributed by atoms with Gasteiger partial charge in [-0.15, -0.1) is 5.10 Å². The van der Waals surface area contributed by atoms with Gasteiger partial charge in [0, 0.05) is 49.8 Å². The standard InChI is InChI=1S/C19H21N7O/c1-15-13-20-8-7-18(15)24-9-2-10-25(12-11-24)19(27)16-3-5-17(6-4-16)26-14-21-22-23-26/h3-8,13-14H,2,9-12H2,1H3. The van der Waals surface area contributed by atoms with Crippen molar-refractivity contribution in [3.8, 4) is 5.69 Å². The quantitative estimate of drug-likeness (QED) is 0.705. The van der Waals surface area contributed by atoms with E-state index in [2.05, 4.69) is 32.3 Å². The van der Waals surface area contributed by atoms with Gasteiger partial charge < -0.3 is 9.80 Å². The Hall–Kier alpha value is -3.29. The third-order valence-corrected chi connectivity index (χ3v) is 4.84. The molecule has 0 spiro atoms. The number of hydrogen-bond donors (Lipinski definition) is 0. The number of aromatic nitrogens is 5. The maximum atomic E-state index is 12.9. The van der Waals surface area contributed by atoms with Crippen molar-refractivity contribution < 1.29 is 4.79 Å². The van der Waals surface area contributed by atoms with E-state index in [0.717, 1.165) is 37.3 Å². The minimum absolute atomic E-state index is 0.0616. The van der Waals surface area contributed by atoms with Gasteiger partial charge in [0.15, 0.2) is 0 Å². The first kappa shape index (κ1) is 17.1. The summed E-state index contributed by atoms with van der Waals surface area (Å²) in [5.74, 6) is 0.0616. The smallest absolute Gasteiger partial charge is 0.253 e. The Balaban J connectivity index is 1.44. The van der Waals surface area contributed by atoms with E-state index in [1.807, 2.05) is 47.6 Å². The van der Waals surface area contributed by atoms with Gasteiger partial charge in [0.25, 0.3) is 5.91 Å². The highest BCUT2D eigenvalue weighted by Gasteiger charge is 2.21. The zero-order valence-electron chi connectivity index (χ0n) is 15.2. The molecule has 0 atom stereocenters. The second-order valence-corrected chi connectivity index (χ2v) is 6.60. The zero-order chi connectivity index (χ0) is 18.6. The number of rotatable bonds is 3. The van der Waals surface area contributed by atoms with Gasteiger partial charge in [0.05, 0.1) is 5.69 Å². The average molecular weight is 363 g/mol. The number of nitrogens with zero attached hydrogens (tertiary/aromatic N) is 7. The largest absolute Gasteiger partial charge is 0.369 e. The van der Waals surface area contributed by atoms with Crippen LogP contribution in [0.3, 0.4) is 0 Å². The Morgan fingerprint density at radius 2 is 1.89 bits per heavy atom. The Morgan fingerprint density at radius 1 is 1.04 bits per heavy atom. The van der Waals surface area contributed by atoms with Crippen LogP contribution in [0.2, 0.25) is 0 Å². The van der Waals surface area contributed by atoms with Gasteiger partial charge in [0.2, 0.25) is 0 Å². The molecule has 3 aromatic rings. The molecule has 138 valence electrons. The second-order valence-electron chi connectivity index (χ2n) is 6.60. The number of benzene rings is 1. The third-order valence-electron chi connectivity index (χ3n) is 4.84. The molecular weight excluding hydrogens is 342 g/mol. The lowest BCUT2D eigenvalue weighted by Gasteiger charge is -2.25. The van der Waals surface area contributed by atoms with E-state index >= 15 is 0 Å². The number of aryl methyl sites for hydroxylation is 1. The van der Waals surface area contributed by atoms with Crippen molar-refractivity contribution in [2.75, 3.05) is 31.1 Å². The molecule has 0 saturated carbocycles. The molecule has 0 N–H and O–H groups in total. The van der Waals surface area contributed by atoms with Gasteiger partial charge in [-0.3, -0.25) is 9.78 Å². The maximum absolute atomic E-state index is 12.9. The van der Waals surface area contributed by atoms with Crippen molar-refractivity contribution in [2.45, 2.75) is 13.3 Å². The van der Waals surface area contributed by atoms with Crippen LogP contribution in [0.5, 0.6) is 0 Å². The van der Waals surface area contributed by atoms with Gasteiger partial charge in [0.1, 0.15) is 6.33 Å². The summed E-state index contributed by atoms with van der Waals surface area (Å²) < 4.78 is 1.56. The predicted octanol–water partition coefficient (Wildman–Crippen LogP) is 1.72. The molecule has 1 fully saturated rings. The molecule has 0 aliphatic carbocycles. The fourth-order valence-corrected chi connectivity index (χ4v) is 3.40. The molecule has 0 unspecified atom stereocenters. The first-order valence-electron chi connectivity index (χ1n) is 9.00. The number of hydrogen-bond acceptors (Lipinski definition) is 6. The van der Waals surface area contributed by atoms with E-state index in [0.29, 0.717) is 12.1 Å². The summed E-state index contributed by atoms with van der Waals surface area (Å²) in [5, 5.41) is 11.1. The zero-order valence-corrected chi connectivity index (χ0v) is 15.2. The number of tetrazole rings is 1. The molecule has 1 saturated heterocycles. The molecule has 0 bridgehead atoms. The van der Waals surface area contributed by atoms with Gasteiger partial charge in [-0.1, -0.05) is 0 Å². The van der Waals surface area contributed by atoms with Crippen molar-refractivity contribution in [3.05, 3.63) is 60.2 Å². The molecule has 0 radical (unpaired) electrons. The maximum Gasteiger partial charge on any atom is 0.253 e.